The van der Waals surface area contributed by atoms with Gasteiger partial charge in [0, 0.05) is 91.8 Å². The van der Waals surface area contributed by atoms with E-state index in [9.17, 15) is 0 Å². The van der Waals surface area contributed by atoms with E-state index < -0.39 is 29.8 Å². The quantitative estimate of drug-likeness (QED) is 0.307. The van der Waals surface area contributed by atoms with E-state index in [0.29, 0.717) is 0 Å². The van der Waals surface area contributed by atoms with Crippen LogP contribution in [0.2, 0.25) is 0 Å². The van der Waals surface area contributed by atoms with Gasteiger partial charge in [-0.05, 0) is 0 Å². The minimum atomic E-state index is -0.833. The molecule has 1 radical (unpaired) electrons. The normalized spacial score (nSPS) is 5.68. The summed E-state index contributed by atoms with van der Waals surface area (Å²) in [4.78, 5) is 45.0. The summed E-state index contributed by atoms with van der Waals surface area (Å²) < 4.78 is 0. The van der Waals surface area contributed by atoms with E-state index in [1.807, 2.05) is 0 Å². The van der Waals surface area contributed by atoms with Gasteiger partial charge in [-0.3, -0.25) is 24.0 Å². The zero-order valence-electron chi connectivity index (χ0n) is 12.5. The Morgan fingerprint density at radius 1 is 0.455 bits per heavy atom. The minimum Gasteiger partial charge on any atom is -0.481 e. The molecule has 0 heterocycles. The Balaban J connectivity index is -0.0000000250. The molecule has 0 atom stereocenters. The van der Waals surface area contributed by atoms with Crippen molar-refractivity contribution in [3.05, 3.63) is 0 Å². The third-order valence-electron chi connectivity index (χ3n) is 0. The van der Waals surface area contributed by atoms with Crippen molar-refractivity contribution in [3.63, 3.8) is 0 Å². The number of aliphatic carboxylic acids is 5. The van der Waals surface area contributed by atoms with Gasteiger partial charge in [0.1, 0.15) is 0 Å². The maximum Gasteiger partial charge on any atom is 0.300 e. The number of hydrogen-bond donors (Lipinski definition) is 5. The smallest absolute Gasteiger partial charge is 0.300 e. The van der Waals surface area contributed by atoms with Crippen molar-refractivity contribution in [1.82, 2.24) is 0 Å². The Hall–Kier alpha value is -0.806. The molecule has 10 nitrogen and oxygen atoms in total. The monoisotopic (exact) mass is 511 g/mol. The third kappa shape index (κ3) is 9780. The van der Waals surface area contributed by atoms with Gasteiger partial charge in [-0.25, -0.2) is 0 Å². The molecule has 0 bridgehead atoms. The van der Waals surface area contributed by atoms with Gasteiger partial charge in [-0.15, -0.1) is 0 Å². The number of carboxylic acids is 5. The molecular weight excluding hydrogens is 489 g/mol. The van der Waals surface area contributed by atoms with Crippen LogP contribution in [0.1, 0.15) is 34.6 Å². The average molecular weight is 510 g/mol. The zero-order valence-corrected chi connectivity index (χ0v) is 16.2. The molecule has 12 heteroatoms. The van der Waals surface area contributed by atoms with Gasteiger partial charge in [0.25, 0.3) is 29.8 Å². The van der Waals surface area contributed by atoms with Crippen LogP contribution in [0.3, 0.4) is 0 Å². The van der Waals surface area contributed by atoms with Crippen molar-refractivity contribution in [2.75, 3.05) is 0 Å². The van der Waals surface area contributed by atoms with Gasteiger partial charge in [0.2, 0.25) is 0 Å². The van der Waals surface area contributed by atoms with Crippen molar-refractivity contribution in [3.8, 4) is 0 Å². The van der Waals surface area contributed by atoms with Crippen molar-refractivity contribution in [2.45, 2.75) is 34.6 Å². The summed E-state index contributed by atoms with van der Waals surface area (Å²) in [5, 5.41) is 37.1. The standard InChI is InChI=1S/5C2H4O2.Co.Sm/c5*1-2(3)4;;/h5*1H3,(H,3,4);;. The van der Waals surface area contributed by atoms with Crippen LogP contribution in [-0.2, 0) is 40.8 Å². The first-order chi connectivity index (χ1) is 8.66. The molecule has 135 valence electrons. The van der Waals surface area contributed by atoms with Gasteiger partial charge < -0.3 is 25.5 Å². The van der Waals surface area contributed by atoms with E-state index in [0.717, 1.165) is 34.6 Å². The number of rotatable bonds is 0. The molecule has 0 aromatic rings. The van der Waals surface area contributed by atoms with Crippen LogP contribution in [0.25, 0.3) is 0 Å². The van der Waals surface area contributed by atoms with Gasteiger partial charge in [-0.2, -0.15) is 0 Å². The second-order valence-electron chi connectivity index (χ2n) is 2.60. The summed E-state index contributed by atoms with van der Waals surface area (Å²) in [6.45, 7) is 5.42. The predicted octanol–water partition coefficient (Wildman–Crippen LogP) is 0.452. The fourth-order valence-electron chi connectivity index (χ4n) is 0. The van der Waals surface area contributed by atoms with Crippen LogP contribution >= 0.6 is 0 Å². The van der Waals surface area contributed by atoms with Crippen LogP contribution in [0.15, 0.2) is 0 Å². The molecule has 0 aliphatic rings. The van der Waals surface area contributed by atoms with Crippen LogP contribution < -0.4 is 0 Å². The van der Waals surface area contributed by atoms with Crippen LogP contribution in [-0.4, -0.2) is 55.4 Å². The molecule has 5 N–H and O–H groups in total. The van der Waals surface area contributed by atoms with E-state index in [2.05, 4.69) is 0 Å². The molecule has 0 rings (SSSR count). The Bertz CT molecular complexity index is 216. The summed E-state index contributed by atoms with van der Waals surface area (Å²) in [5.74, 6) is -4.17. The van der Waals surface area contributed by atoms with Crippen molar-refractivity contribution >= 4 is 29.8 Å². The van der Waals surface area contributed by atoms with Gasteiger partial charge in [0.15, 0.2) is 0 Å². The van der Waals surface area contributed by atoms with Crippen molar-refractivity contribution < 1.29 is 107 Å². The largest absolute Gasteiger partial charge is 0.481 e. The number of hydrogen-bond acceptors (Lipinski definition) is 5. The molecule has 22 heavy (non-hydrogen) atoms. The van der Waals surface area contributed by atoms with Gasteiger partial charge in [-0.1, -0.05) is 0 Å². The third-order valence-corrected chi connectivity index (χ3v) is 0. The average Bonchev–Trinajstić information content (AvgIpc) is 1.94. The van der Waals surface area contributed by atoms with E-state index >= 15 is 0 Å². The predicted molar refractivity (Wildman–Crippen MR) is 66.5 cm³/mol. The Morgan fingerprint density at radius 2 is 0.455 bits per heavy atom. The minimum absolute atomic E-state index is 0. The van der Waals surface area contributed by atoms with Crippen molar-refractivity contribution in [1.29, 1.82) is 0 Å². The summed E-state index contributed by atoms with van der Waals surface area (Å²) in [7, 11) is 0. The van der Waals surface area contributed by atoms with Gasteiger partial charge >= 0.3 is 0 Å². The molecule has 0 aliphatic carbocycles. The van der Waals surface area contributed by atoms with E-state index in [4.69, 9.17) is 49.5 Å². The molecule has 0 amide bonds. The Kier molecular flexibility index (Phi) is 72.0. The Morgan fingerprint density at radius 3 is 0.455 bits per heavy atom. The van der Waals surface area contributed by atoms with E-state index in [1.165, 1.54) is 0 Å². The van der Waals surface area contributed by atoms with E-state index in [-0.39, 0.29) is 57.2 Å². The topological polar surface area (TPSA) is 186 Å². The molecule has 0 aromatic carbocycles. The zero-order chi connectivity index (χ0) is 17.9. The second-order valence-corrected chi connectivity index (χ2v) is 2.60. The molecule has 0 spiro atoms. The fourth-order valence-corrected chi connectivity index (χ4v) is 0. The first kappa shape index (κ1) is 42.9. The summed E-state index contributed by atoms with van der Waals surface area (Å²) in [6.07, 6.45) is 0. The maximum absolute atomic E-state index is 9.00. The summed E-state index contributed by atoms with van der Waals surface area (Å²) in [6, 6.07) is 0. The molecule has 0 aromatic heterocycles. The second kappa shape index (κ2) is 36.9. The molecule has 0 saturated heterocycles. The van der Waals surface area contributed by atoms with Crippen molar-refractivity contribution in [2.24, 2.45) is 0 Å². The van der Waals surface area contributed by atoms with Gasteiger partial charge in [0.05, 0.1) is 0 Å². The maximum atomic E-state index is 9.00. The summed E-state index contributed by atoms with van der Waals surface area (Å²) in [5.41, 5.74) is 0. The first-order valence-electron chi connectivity index (χ1n) is 4.64. The Labute approximate surface area is 170 Å². The molecule has 0 unspecified atom stereocenters. The molecule has 0 fully saturated rings. The molecule has 0 saturated carbocycles. The van der Waals surface area contributed by atoms with Crippen LogP contribution in [0.4, 0.5) is 0 Å². The molecular formula is C10H20CoO10Sm. The van der Waals surface area contributed by atoms with Crippen LogP contribution in [0.5, 0.6) is 0 Å². The number of carboxylic acid groups (broad SMARTS) is 5. The summed E-state index contributed by atoms with van der Waals surface area (Å²) >= 11 is 0. The fraction of sp³-hybridized carbons (Fsp3) is 0.500. The van der Waals surface area contributed by atoms with Crippen LogP contribution in [0, 0.1) is 40.4 Å². The first-order valence-corrected chi connectivity index (χ1v) is 4.64. The number of carbonyl (C=O) groups is 5. The SMILES string of the molecule is CC(=O)O.CC(=O)O.CC(=O)O.CC(=O)O.CC(=O)O.[Co].[Sm]. The van der Waals surface area contributed by atoms with E-state index in [1.54, 1.807) is 0 Å². The molecule has 0 aliphatic heterocycles.